The molecule has 1 heterocycles. The van der Waals surface area contributed by atoms with Gasteiger partial charge in [0, 0.05) is 5.56 Å². The van der Waals surface area contributed by atoms with Crippen LogP contribution in [0.3, 0.4) is 0 Å². The predicted octanol–water partition coefficient (Wildman–Crippen LogP) is 4.88. The molecular weight excluding hydrogens is 441 g/mol. The summed E-state index contributed by atoms with van der Waals surface area (Å²) in [5.41, 5.74) is 1.58. The number of rotatable bonds is 8. The van der Waals surface area contributed by atoms with E-state index in [4.69, 9.17) is 27.9 Å². The molecule has 0 fully saturated rings. The summed E-state index contributed by atoms with van der Waals surface area (Å²) in [6, 6.07) is 8.37. The van der Waals surface area contributed by atoms with Gasteiger partial charge in [-0.1, -0.05) is 72.8 Å². The highest BCUT2D eigenvalue weighted by atomic mass is 35.5. The molecule has 3 rings (SSSR count). The van der Waals surface area contributed by atoms with Gasteiger partial charge in [0.15, 0.2) is 12.4 Å². The van der Waals surface area contributed by atoms with Crippen molar-refractivity contribution in [3.8, 4) is 0 Å². The lowest BCUT2D eigenvalue weighted by molar-refractivity contribution is -0.147. The Morgan fingerprint density at radius 2 is 1.55 bits per heavy atom. The van der Waals surface area contributed by atoms with E-state index in [1.165, 1.54) is 12.1 Å². The number of ketones is 1. The van der Waals surface area contributed by atoms with Crippen LogP contribution in [-0.4, -0.2) is 41.1 Å². The van der Waals surface area contributed by atoms with E-state index >= 15 is 0 Å². The maximum absolute atomic E-state index is 12.9. The van der Waals surface area contributed by atoms with Crippen LogP contribution in [0.25, 0.3) is 0 Å². The minimum absolute atomic E-state index is 0.0874. The van der Waals surface area contributed by atoms with Crippen molar-refractivity contribution in [1.29, 1.82) is 0 Å². The summed E-state index contributed by atoms with van der Waals surface area (Å²) in [4.78, 5) is 51.9. The molecule has 8 heteroatoms. The highest BCUT2D eigenvalue weighted by molar-refractivity contribution is 6.43. The Bertz CT molecular complexity index is 1010. The number of nitrogens with zero attached hydrogens (tertiary/aromatic N) is 1. The van der Waals surface area contributed by atoms with Crippen molar-refractivity contribution in [2.75, 3.05) is 6.61 Å². The number of ether oxygens (including phenoxy) is 1. The summed E-state index contributed by atoms with van der Waals surface area (Å²) in [6.07, 6.45) is 1.55. The molecule has 31 heavy (non-hydrogen) atoms. The second-order valence-corrected chi connectivity index (χ2v) is 8.16. The molecule has 6 nitrogen and oxygen atoms in total. The van der Waals surface area contributed by atoms with Crippen LogP contribution >= 0.6 is 23.2 Å². The van der Waals surface area contributed by atoms with Crippen LogP contribution < -0.4 is 0 Å². The lowest BCUT2D eigenvalue weighted by Crippen LogP contribution is -2.46. The van der Waals surface area contributed by atoms with E-state index in [-0.39, 0.29) is 33.4 Å². The maximum Gasteiger partial charge on any atom is 0.329 e. The van der Waals surface area contributed by atoms with Gasteiger partial charge in [-0.2, -0.15) is 0 Å². The van der Waals surface area contributed by atoms with Gasteiger partial charge in [0.25, 0.3) is 11.8 Å². The largest absolute Gasteiger partial charge is 0.456 e. The molecule has 1 aliphatic rings. The topological polar surface area (TPSA) is 80.8 Å². The summed E-state index contributed by atoms with van der Waals surface area (Å²) in [6.45, 7) is 3.34. The molecule has 1 atom stereocenters. The number of Topliss-reactive ketones (excluding diaryl/α,β-unsaturated/α-hetero) is 1. The fourth-order valence-electron chi connectivity index (χ4n) is 3.34. The van der Waals surface area contributed by atoms with E-state index < -0.39 is 30.4 Å². The third kappa shape index (κ3) is 4.81. The average Bonchev–Trinajstić information content (AvgIpc) is 2.97. The number of unbranched alkanes of at least 4 members (excludes halogenated alkanes) is 1. The number of hydrogen-bond acceptors (Lipinski definition) is 5. The second kappa shape index (κ2) is 9.62. The van der Waals surface area contributed by atoms with Gasteiger partial charge in [-0.25, -0.2) is 4.79 Å². The van der Waals surface area contributed by atoms with E-state index in [1.54, 1.807) is 24.3 Å². The van der Waals surface area contributed by atoms with Crippen molar-refractivity contribution in [2.24, 2.45) is 0 Å². The van der Waals surface area contributed by atoms with Gasteiger partial charge in [-0.3, -0.25) is 19.3 Å². The molecule has 0 radical (unpaired) electrons. The van der Waals surface area contributed by atoms with E-state index in [0.717, 1.165) is 16.9 Å². The average molecular weight is 462 g/mol. The van der Waals surface area contributed by atoms with Gasteiger partial charge in [0.2, 0.25) is 0 Å². The van der Waals surface area contributed by atoms with Gasteiger partial charge in [0.1, 0.15) is 6.04 Å². The molecule has 162 valence electrons. The molecular formula is C23H21Cl2NO5. The highest BCUT2D eigenvalue weighted by Crippen LogP contribution is 2.33. The van der Waals surface area contributed by atoms with Crippen molar-refractivity contribution in [3.63, 3.8) is 0 Å². The Kier molecular flexibility index (Phi) is 7.13. The lowest BCUT2D eigenvalue weighted by Gasteiger charge is -2.24. The van der Waals surface area contributed by atoms with Crippen molar-refractivity contribution in [2.45, 2.75) is 39.2 Å². The zero-order valence-electron chi connectivity index (χ0n) is 17.1. The number of amides is 2. The molecule has 0 aliphatic carbocycles. The van der Waals surface area contributed by atoms with Crippen LogP contribution in [0.1, 0.15) is 62.8 Å². The first-order chi connectivity index (χ1) is 14.7. The quantitative estimate of drug-likeness (QED) is 0.317. The van der Waals surface area contributed by atoms with Crippen molar-refractivity contribution >= 4 is 46.8 Å². The Balaban J connectivity index is 1.79. The van der Waals surface area contributed by atoms with Crippen LogP contribution in [0.4, 0.5) is 0 Å². The van der Waals surface area contributed by atoms with Crippen LogP contribution in [0, 0.1) is 6.92 Å². The molecule has 0 unspecified atom stereocenters. The number of halogens is 2. The van der Waals surface area contributed by atoms with E-state index in [9.17, 15) is 19.2 Å². The first-order valence-corrected chi connectivity index (χ1v) is 10.6. The van der Waals surface area contributed by atoms with Gasteiger partial charge >= 0.3 is 5.97 Å². The smallest absolute Gasteiger partial charge is 0.329 e. The SMILES string of the molecule is CCCC[C@@H](C(=O)OCC(=O)c1ccc(C)cc1)N1C(=O)c2cc(Cl)c(Cl)cc2C1=O. The Morgan fingerprint density at radius 1 is 1.00 bits per heavy atom. The monoisotopic (exact) mass is 461 g/mol. The highest BCUT2D eigenvalue weighted by Gasteiger charge is 2.43. The summed E-state index contributed by atoms with van der Waals surface area (Å²) in [5.74, 6) is -2.45. The summed E-state index contributed by atoms with van der Waals surface area (Å²) >= 11 is 12.0. The molecule has 2 aromatic rings. The number of hydrogen-bond donors (Lipinski definition) is 0. The van der Waals surface area contributed by atoms with Crippen molar-refractivity contribution < 1.29 is 23.9 Å². The van der Waals surface area contributed by atoms with Gasteiger partial charge in [-0.05, 0) is 25.5 Å². The zero-order chi connectivity index (χ0) is 22.7. The Labute approximate surface area is 190 Å². The molecule has 0 saturated heterocycles. The fraction of sp³-hybridized carbons (Fsp3) is 0.304. The summed E-state index contributed by atoms with van der Waals surface area (Å²) in [7, 11) is 0. The first kappa shape index (κ1) is 23.0. The molecule has 0 saturated carbocycles. The number of fused-ring (bicyclic) bond motifs is 1. The Hall–Kier alpha value is -2.70. The first-order valence-electron chi connectivity index (χ1n) is 9.88. The lowest BCUT2D eigenvalue weighted by atomic mass is 10.1. The second-order valence-electron chi connectivity index (χ2n) is 7.35. The van der Waals surface area contributed by atoms with E-state index in [1.807, 2.05) is 13.8 Å². The third-order valence-corrected chi connectivity index (χ3v) is 5.81. The zero-order valence-corrected chi connectivity index (χ0v) is 18.6. The molecule has 2 aromatic carbocycles. The number of benzene rings is 2. The third-order valence-electron chi connectivity index (χ3n) is 5.09. The minimum Gasteiger partial charge on any atom is -0.456 e. The predicted molar refractivity (Wildman–Crippen MR) is 117 cm³/mol. The van der Waals surface area contributed by atoms with E-state index in [0.29, 0.717) is 12.0 Å². The molecule has 0 bridgehead atoms. The maximum atomic E-state index is 12.9. The van der Waals surface area contributed by atoms with Crippen LogP contribution in [0.5, 0.6) is 0 Å². The van der Waals surface area contributed by atoms with Gasteiger partial charge in [-0.15, -0.1) is 0 Å². The fourth-order valence-corrected chi connectivity index (χ4v) is 3.67. The van der Waals surface area contributed by atoms with Crippen LogP contribution in [0.2, 0.25) is 10.0 Å². The summed E-state index contributed by atoms with van der Waals surface area (Å²) in [5, 5.41) is 0.277. The number of carbonyl (C=O) groups excluding carboxylic acids is 4. The van der Waals surface area contributed by atoms with Crippen molar-refractivity contribution in [1.82, 2.24) is 4.90 Å². The Morgan fingerprint density at radius 3 is 2.06 bits per heavy atom. The van der Waals surface area contributed by atoms with Crippen LogP contribution in [0.15, 0.2) is 36.4 Å². The summed E-state index contributed by atoms with van der Waals surface area (Å²) < 4.78 is 5.22. The van der Waals surface area contributed by atoms with Crippen LogP contribution in [-0.2, 0) is 9.53 Å². The number of imide groups is 1. The van der Waals surface area contributed by atoms with Crippen molar-refractivity contribution in [3.05, 3.63) is 68.7 Å². The molecule has 0 N–H and O–H groups in total. The standard InChI is InChI=1S/C23H21Cl2NO5/c1-3-4-5-19(23(30)31-12-20(27)14-8-6-13(2)7-9-14)26-21(28)15-10-17(24)18(25)11-16(15)22(26)29/h6-11,19H,3-5,12H2,1-2H3/t19-/m0/s1. The number of aryl methyl sites for hydroxylation is 1. The van der Waals surface area contributed by atoms with E-state index in [2.05, 4.69) is 0 Å². The minimum atomic E-state index is -1.14. The molecule has 0 spiro atoms. The number of carbonyl (C=O) groups is 4. The van der Waals surface area contributed by atoms with Gasteiger partial charge in [0.05, 0.1) is 21.2 Å². The van der Waals surface area contributed by atoms with Gasteiger partial charge < -0.3 is 4.74 Å². The molecule has 2 amide bonds. The number of esters is 1. The molecule has 1 aliphatic heterocycles. The molecule has 0 aromatic heterocycles. The normalized spacial score (nSPS) is 13.9.